The quantitative estimate of drug-likeness (QED) is 0.528. The molecule has 0 N–H and O–H groups in total. The lowest BCUT2D eigenvalue weighted by molar-refractivity contribution is 0.0746. The van der Waals surface area contributed by atoms with Crippen molar-refractivity contribution in [3.8, 4) is 5.75 Å². The molecular weight excluding hydrogens is 378 g/mol. The third-order valence-electron chi connectivity index (χ3n) is 5.61. The maximum atomic E-state index is 12.9. The number of nitrogens with zero attached hydrogens (tertiary/aromatic N) is 5. The number of carbonyl (C=O) groups excluding carboxylic acids is 1. The van der Waals surface area contributed by atoms with Gasteiger partial charge in [0.1, 0.15) is 11.6 Å². The topological polar surface area (TPSA) is 63.0 Å². The van der Waals surface area contributed by atoms with E-state index < -0.39 is 0 Å². The van der Waals surface area contributed by atoms with Crippen LogP contribution < -0.4 is 9.64 Å². The number of para-hydroxylation sites is 1. The number of ether oxygens (including phenoxy) is 1. The minimum Gasteiger partial charge on any atom is -0.497 e. The van der Waals surface area contributed by atoms with Gasteiger partial charge in [-0.1, -0.05) is 12.1 Å². The molecule has 0 saturated carbocycles. The van der Waals surface area contributed by atoms with Crippen LogP contribution in [0.3, 0.4) is 0 Å². The molecule has 1 aliphatic rings. The van der Waals surface area contributed by atoms with Crippen LogP contribution in [0.25, 0.3) is 16.6 Å². The SMILES string of the molecule is COc1ccc(C(=O)N2CCN(c3nc4cc(C)nn4c4ccccc34)CC2)cc1. The van der Waals surface area contributed by atoms with Crippen molar-refractivity contribution in [2.75, 3.05) is 38.2 Å². The van der Waals surface area contributed by atoms with Crippen molar-refractivity contribution >= 4 is 28.3 Å². The summed E-state index contributed by atoms with van der Waals surface area (Å²) in [5.41, 5.74) is 3.52. The van der Waals surface area contributed by atoms with Gasteiger partial charge in [-0.25, -0.2) is 9.50 Å². The molecule has 3 heterocycles. The number of piperazine rings is 1. The number of aromatic nitrogens is 3. The van der Waals surface area contributed by atoms with Gasteiger partial charge in [-0.3, -0.25) is 4.79 Å². The Bertz CT molecular complexity index is 1220. The summed E-state index contributed by atoms with van der Waals surface area (Å²) >= 11 is 0. The number of carbonyl (C=O) groups is 1. The van der Waals surface area contributed by atoms with Crippen LogP contribution in [0.1, 0.15) is 16.1 Å². The lowest BCUT2D eigenvalue weighted by atomic mass is 10.1. The largest absolute Gasteiger partial charge is 0.497 e. The van der Waals surface area contributed by atoms with Crippen LogP contribution in [0.15, 0.2) is 54.6 Å². The van der Waals surface area contributed by atoms with E-state index in [0.717, 1.165) is 46.9 Å². The Morgan fingerprint density at radius 1 is 1.00 bits per heavy atom. The van der Waals surface area contributed by atoms with Gasteiger partial charge in [0.15, 0.2) is 5.65 Å². The highest BCUT2D eigenvalue weighted by Crippen LogP contribution is 2.27. The van der Waals surface area contributed by atoms with Crippen LogP contribution in [0.5, 0.6) is 5.75 Å². The second-order valence-corrected chi connectivity index (χ2v) is 7.52. The second kappa shape index (κ2) is 7.33. The predicted octanol–water partition coefficient (Wildman–Crippen LogP) is 3.16. The molecule has 152 valence electrons. The van der Waals surface area contributed by atoms with Crippen molar-refractivity contribution < 1.29 is 9.53 Å². The minimum atomic E-state index is 0.0528. The van der Waals surface area contributed by atoms with Crippen molar-refractivity contribution in [3.63, 3.8) is 0 Å². The molecule has 1 fully saturated rings. The van der Waals surface area contributed by atoms with Gasteiger partial charge < -0.3 is 14.5 Å². The third kappa shape index (κ3) is 3.12. The number of fused-ring (bicyclic) bond motifs is 3. The molecule has 0 bridgehead atoms. The number of anilines is 1. The van der Waals surface area contributed by atoms with E-state index >= 15 is 0 Å². The van der Waals surface area contributed by atoms with Gasteiger partial charge in [-0.2, -0.15) is 5.10 Å². The third-order valence-corrected chi connectivity index (χ3v) is 5.61. The first-order valence-corrected chi connectivity index (χ1v) is 10.1. The van der Waals surface area contributed by atoms with E-state index in [1.165, 1.54) is 0 Å². The normalized spacial score (nSPS) is 14.5. The van der Waals surface area contributed by atoms with Crippen LogP contribution in [0.2, 0.25) is 0 Å². The lowest BCUT2D eigenvalue weighted by Crippen LogP contribution is -2.49. The van der Waals surface area contributed by atoms with Crippen LogP contribution in [-0.4, -0.2) is 58.7 Å². The molecular formula is C23H23N5O2. The van der Waals surface area contributed by atoms with E-state index in [-0.39, 0.29) is 5.91 Å². The lowest BCUT2D eigenvalue weighted by Gasteiger charge is -2.36. The first kappa shape index (κ1) is 18.4. The Labute approximate surface area is 174 Å². The summed E-state index contributed by atoms with van der Waals surface area (Å²) in [6.45, 7) is 4.77. The zero-order valence-corrected chi connectivity index (χ0v) is 17.1. The van der Waals surface area contributed by atoms with Crippen LogP contribution in [0, 0.1) is 6.92 Å². The average molecular weight is 401 g/mol. The van der Waals surface area contributed by atoms with Gasteiger partial charge in [0, 0.05) is 43.2 Å². The molecule has 0 radical (unpaired) electrons. The summed E-state index contributed by atoms with van der Waals surface area (Å²) in [6, 6.07) is 17.5. The van der Waals surface area contributed by atoms with Gasteiger partial charge >= 0.3 is 0 Å². The zero-order chi connectivity index (χ0) is 20.7. The Hall–Kier alpha value is -3.61. The maximum absolute atomic E-state index is 12.9. The number of methoxy groups -OCH3 is 1. The molecule has 2 aromatic carbocycles. The van der Waals surface area contributed by atoms with Crippen LogP contribution in [-0.2, 0) is 0 Å². The number of aryl methyl sites for hydroxylation is 1. The molecule has 7 heteroatoms. The molecule has 2 aromatic heterocycles. The molecule has 0 aliphatic carbocycles. The van der Waals surface area contributed by atoms with E-state index in [9.17, 15) is 4.79 Å². The van der Waals surface area contributed by atoms with Gasteiger partial charge in [0.05, 0.1) is 18.3 Å². The first-order valence-electron chi connectivity index (χ1n) is 10.1. The molecule has 0 spiro atoms. The fraction of sp³-hybridized carbons (Fsp3) is 0.261. The molecule has 30 heavy (non-hydrogen) atoms. The van der Waals surface area contributed by atoms with E-state index in [1.807, 2.05) is 58.8 Å². The second-order valence-electron chi connectivity index (χ2n) is 7.52. The fourth-order valence-electron chi connectivity index (χ4n) is 4.04. The van der Waals surface area contributed by atoms with Crippen molar-refractivity contribution in [3.05, 3.63) is 65.9 Å². The first-order chi connectivity index (χ1) is 14.6. The smallest absolute Gasteiger partial charge is 0.253 e. The fourth-order valence-corrected chi connectivity index (χ4v) is 4.04. The highest BCUT2D eigenvalue weighted by Gasteiger charge is 2.24. The zero-order valence-electron chi connectivity index (χ0n) is 17.1. The number of hydrogen-bond donors (Lipinski definition) is 0. The Morgan fingerprint density at radius 2 is 1.73 bits per heavy atom. The summed E-state index contributed by atoms with van der Waals surface area (Å²) in [4.78, 5) is 21.9. The van der Waals surface area contributed by atoms with Crippen molar-refractivity contribution in [1.29, 1.82) is 0 Å². The standard InChI is InChI=1S/C23H23N5O2/c1-16-15-21-24-22(19-5-3-4-6-20(19)28(21)25-16)26-11-13-27(14-12-26)23(29)17-7-9-18(30-2)10-8-17/h3-10,15H,11-14H2,1-2H3. The summed E-state index contributed by atoms with van der Waals surface area (Å²) in [6.07, 6.45) is 0. The molecule has 1 aliphatic heterocycles. The van der Waals surface area contributed by atoms with E-state index in [2.05, 4.69) is 22.1 Å². The monoisotopic (exact) mass is 401 g/mol. The number of amides is 1. The highest BCUT2D eigenvalue weighted by atomic mass is 16.5. The molecule has 4 aromatic rings. The van der Waals surface area contributed by atoms with Crippen molar-refractivity contribution in [2.24, 2.45) is 0 Å². The predicted molar refractivity (Wildman–Crippen MR) is 116 cm³/mol. The molecule has 1 amide bonds. The summed E-state index contributed by atoms with van der Waals surface area (Å²) in [7, 11) is 1.62. The highest BCUT2D eigenvalue weighted by molar-refractivity contribution is 5.95. The van der Waals surface area contributed by atoms with E-state index in [1.54, 1.807) is 7.11 Å². The molecule has 0 atom stereocenters. The van der Waals surface area contributed by atoms with Crippen LogP contribution >= 0.6 is 0 Å². The van der Waals surface area contributed by atoms with Gasteiger partial charge in [-0.05, 0) is 43.3 Å². The molecule has 7 nitrogen and oxygen atoms in total. The number of hydrogen-bond acceptors (Lipinski definition) is 5. The van der Waals surface area contributed by atoms with Gasteiger partial charge in [-0.15, -0.1) is 0 Å². The summed E-state index contributed by atoms with van der Waals surface area (Å²) < 4.78 is 7.08. The van der Waals surface area contributed by atoms with Crippen LogP contribution in [0.4, 0.5) is 5.82 Å². The average Bonchev–Trinajstić information content (AvgIpc) is 3.19. The van der Waals surface area contributed by atoms with E-state index in [0.29, 0.717) is 18.7 Å². The molecule has 1 saturated heterocycles. The summed E-state index contributed by atoms with van der Waals surface area (Å²) in [5, 5.41) is 5.65. The molecule has 5 rings (SSSR count). The minimum absolute atomic E-state index is 0.0528. The molecule has 0 unspecified atom stereocenters. The Kier molecular flexibility index (Phi) is 4.50. The maximum Gasteiger partial charge on any atom is 0.253 e. The van der Waals surface area contributed by atoms with Gasteiger partial charge in [0.25, 0.3) is 5.91 Å². The summed E-state index contributed by atoms with van der Waals surface area (Å²) in [5.74, 6) is 1.76. The van der Waals surface area contributed by atoms with Crippen molar-refractivity contribution in [2.45, 2.75) is 6.92 Å². The van der Waals surface area contributed by atoms with Gasteiger partial charge in [0.2, 0.25) is 0 Å². The Balaban J connectivity index is 1.39. The number of benzene rings is 2. The van der Waals surface area contributed by atoms with Crippen molar-refractivity contribution in [1.82, 2.24) is 19.5 Å². The Morgan fingerprint density at radius 3 is 2.47 bits per heavy atom. The number of rotatable bonds is 3. The van der Waals surface area contributed by atoms with E-state index in [4.69, 9.17) is 9.72 Å².